The third-order valence-electron chi connectivity index (χ3n) is 3.25. The molecule has 22 heavy (non-hydrogen) atoms. The number of nitro benzene ring substituents is 1. The van der Waals surface area contributed by atoms with Crippen molar-refractivity contribution in [1.82, 2.24) is 9.88 Å². The molecule has 0 saturated heterocycles. The van der Waals surface area contributed by atoms with Gasteiger partial charge >= 0.3 is 5.69 Å². The third-order valence-corrected chi connectivity index (χ3v) is 3.25. The lowest BCUT2D eigenvalue weighted by Gasteiger charge is -2.17. The smallest absolute Gasteiger partial charge is 0.310 e. The molecule has 1 N–H and O–H groups in total. The van der Waals surface area contributed by atoms with Crippen LogP contribution in [-0.4, -0.2) is 39.4 Å². The normalized spacial score (nSPS) is 10.2. The zero-order valence-corrected chi connectivity index (χ0v) is 12.0. The fourth-order valence-electron chi connectivity index (χ4n) is 1.98. The molecule has 1 heterocycles. The Kier molecular flexibility index (Phi) is 4.67. The summed E-state index contributed by atoms with van der Waals surface area (Å²) in [7, 11) is 1.64. The number of phenols is 1. The van der Waals surface area contributed by atoms with Gasteiger partial charge in [-0.1, -0.05) is 0 Å². The largest absolute Gasteiger partial charge is 0.502 e. The number of aromatic nitrogens is 1. The lowest BCUT2D eigenvalue weighted by atomic mass is 10.1. The number of phenolic OH excluding ortho intramolecular Hbond substituents is 1. The molecule has 0 atom stereocenters. The lowest BCUT2D eigenvalue weighted by molar-refractivity contribution is -0.385. The predicted octanol–water partition coefficient (Wildman–Crippen LogP) is 2.01. The molecule has 0 radical (unpaired) electrons. The van der Waals surface area contributed by atoms with Gasteiger partial charge in [0, 0.05) is 37.6 Å². The first kappa shape index (κ1) is 15.4. The minimum atomic E-state index is -0.698. The summed E-state index contributed by atoms with van der Waals surface area (Å²) >= 11 is 0. The van der Waals surface area contributed by atoms with Crippen molar-refractivity contribution >= 4 is 11.6 Å². The van der Waals surface area contributed by atoms with Crippen LogP contribution in [0.2, 0.25) is 0 Å². The summed E-state index contributed by atoms with van der Waals surface area (Å²) in [4.78, 5) is 27.6. The standard InChI is InChI=1S/C15H15N3O4/c1-17(9-6-11-4-7-16-8-5-11)15(20)12-2-3-13(18(21)22)14(19)10-12/h2-5,7-8,10,19H,6,9H2,1H3. The minimum Gasteiger partial charge on any atom is -0.502 e. The number of nitro groups is 1. The van der Waals surface area contributed by atoms with E-state index in [4.69, 9.17) is 0 Å². The maximum Gasteiger partial charge on any atom is 0.310 e. The Morgan fingerprint density at radius 2 is 2.00 bits per heavy atom. The van der Waals surface area contributed by atoms with Crippen LogP contribution in [0.5, 0.6) is 5.75 Å². The van der Waals surface area contributed by atoms with Gasteiger partial charge in [-0.05, 0) is 36.2 Å². The van der Waals surface area contributed by atoms with Crippen molar-refractivity contribution in [3.8, 4) is 5.75 Å². The Balaban J connectivity index is 2.04. The average Bonchev–Trinajstić information content (AvgIpc) is 2.52. The highest BCUT2D eigenvalue weighted by Crippen LogP contribution is 2.26. The van der Waals surface area contributed by atoms with E-state index in [2.05, 4.69) is 4.98 Å². The van der Waals surface area contributed by atoms with E-state index in [1.807, 2.05) is 12.1 Å². The number of pyridine rings is 1. The maximum atomic E-state index is 12.2. The van der Waals surface area contributed by atoms with Crippen LogP contribution in [0.4, 0.5) is 5.69 Å². The van der Waals surface area contributed by atoms with E-state index in [9.17, 15) is 20.0 Å². The molecule has 7 heteroatoms. The zero-order valence-electron chi connectivity index (χ0n) is 12.0. The van der Waals surface area contributed by atoms with E-state index in [-0.39, 0.29) is 11.5 Å². The second-order valence-corrected chi connectivity index (χ2v) is 4.79. The molecule has 0 saturated carbocycles. The van der Waals surface area contributed by atoms with E-state index >= 15 is 0 Å². The van der Waals surface area contributed by atoms with Gasteiger partial charge in [-0.15, -0.1) is 0 Å². The topological polar surface area (TPSA) is 96.6 Å². The van der Waals surface area contributed by atoms with Crippen molar-refractivity contribution in [1.29, 1.82) is 0 Å². The van der Waals surface area contributed by atoms with Crippen LogP contribution >= 0.6 is 0 Å². The molecule has 7 nitrogen and oxygen atoms in total. The Hall–Kier alpha value is -2.96. The summed E-state index contributed by atoms with van der Waals surface area (Å²) in [5, 5.41) is 20.2. The van der Waals surface area contributed by atoms with Gasteiger partial charge in [0.05, 0.1) is 4.92 Å². The maximum absolute atomic E-state index is 12.2. The Bertz CT molecular complexity index is 688. The molecular weight excluding hydrogens is 286 g/mol. The Morgan fingerprint density at radius 3 is 2.59 bits per heavy atom. The first-order valence-corrected chi connectivity index (χ1v) is 6.61. The van der Waals surface area contributed by atoms with Crippen LogP contribution in [0.3, 0.4) is 0 Å². The number of hydrogen-bond donors (Lipinski definition) is 1. The number of carbonyl (C=O) groups is 1. The Morgan fingerprint density at radius 1 is 1.32 bits per heavy atom. The van der Waals surface area contributed by atoms with Crippen LogP contribution in [0.25, 0.3) is 0 Å². The highest BCUT2D eigenvalue weighted by Gasteiger charge is 2.18. The quantitative estimate of drug-likeness (QED) is 0.673. The van der Waals surface area contributed by atoms with Crippen molar-refractivity contribution in [3.05, 3.63) is 64.0 Å². The predicted molar refractivity (Wildman–Crippen MR) is 79.7 cm³/mol. The number of likely N-dealkylation sites (N-methyl/N-ethyl adjacent to an activating group) is 1. The molecule has 114 valence electrons. The van der Waals surface area contributed by atoms with Crippen LogP contribution in [0.15, 0.2) is 42.7 Å². The van der Waals surface area contributed by atoms with Gasteiger partial charge in [-0.2, -0.15) is 0 Å². The number of amides is 1. The van der Waals surface area contributed by atoms with Crippen molar-refractivity contribution in [2.75, 3.05) is 13.6 Å². The molecule has 0 unspecified atom stereocenters. The molecule has 1 aromatic heterocycles. The SMILES string of the molecule is CN(CCc1ccncc1)C(=O)c1ccc([N+](=O)[O-])c(O)c1. The molecule has 0 aliphatic rings. The van der Waals surface area contributed by atoms with Gasteiger partial charge < -0.3 is 10.0 Å². The summed E-state index contributed by atoms with van der Waals surface area (Å²) in [5.41, 5.74) is 0.845. The molecule has 0 aliphatic heterocycles. The van der Waals surface area contributed by atoms with E-state index < -0.39 is 16.4 Å². The van der Waals surface area contributed by atoms with Gasteiger partial charge in [0.2, 0.25) is 0 Å². The molecule has 0 fully saturated rings. The number of nitrogens with zero attached hydrogens (tertiary/aromatic N) is 3. The van der Waals surface area contributed by atoms with Gasteiger partial charge in [0.1, 0.15) is 0 Å². The first-order valence-electron chi connectivity index (χ1n) is 6.61. The van der Waals surface area contributed by atoms with Gasteiger partial charge in [0.15, 0.2) is 5.75 Å². The summed E-state index contributed by atoms with van der Waals surface area (Å²) in [6.45, 7) is 0.487. The summed E-state index contributed by atoms with van der Waals surface area (Å²) in [6.07, 6.45) is 4.04. The fraction of sp³-hybridized carbons (Fsp3) is 0.200. The monoisotopic (exact) mass is 301 g/mol. The minimum absolute atomic E-state index is 0.209. The molecule has 0 spiro atoms. The number of rotatable bonds is 5. The highest BCUT2D eigenvalue weighted by atomic mass is 16.6. The number of hydrogen-bond acceptors (Lipinski definition) is 5. The Labute approximate surface area is 127 Å². The number of carbonyl (C=O) groups excluding carboxylic acids is 1. The van der Waals surface area contributed by atoms with E-state index in [1.165, 1.54) is 11.0 Å². The molecule has 1 aromatic carbocycles. The summed E-state index contributed by atoms with van der Waals surface area (Å²) < 4.78 is 0. The molecule has 0 bridgehead atoms. The lowest BCUT2D eigenvalue weighted by Crippen LogP contribution is -2.28. The van der Waals surface area contributed by atoms with Crippen LogP contribution < -0.4 is 0 Å². The molecular formula is C15H15N3O4. The third kappa shape index (κ3) is 3.57. The number of aromatic hydroxyl groups is 1. The van der Waals surface area contributed by atoms with Crippen molar-refractivity contribution in [2.24, 2.45) is 0 Å². The second kappa shape index (κ2) is 6.66. The first-order chi connectivity index (χ1) is 10.5. The summed E-state index contributed by atoms with van der Waals surface area (Å²) in [6, 6.07) is 7.32. The molecule has 2 aromatic rings. The van der Waals surface area contributed by atoms with Crippen molar-refractivity contribution in [3.63, 3.8) is 0 Å². The molecule has 2 rings (SSSR count). The fourth-order valence-corrected chi connectivity index (χ4v) is 1.98. The van der Waals surface area contributed by atoms with Gasteiger partial charge in [-0.25, -0.2) is 0 Å². The average molecular weight is 301 g/mol. The van der Waals surface area contributed by atoms with Crippen LogP contribution in [0.1, 0.15) is 15.9 Å². The molecule has 0 aliphatic carbocycles. The summed E-state index contributed by atoms with van der Waals surface area (Å²) in [5.74, 6) is -0.822. The van der Waals surface area contributed by atoms with E-state index in [0.29, 0.717) is 13.0 Å². The van der Waals surface area contributed by atoms with E-state index in [0.717, 1.165) is 17.7 Å². The highest BCUT2D eigenvalue weighted by molar-refractivity contribution is 5.94. The number of benzene rings is 1. The van der Waals surface area contributed by atoms with Crippen molar-refractivity contribution in [2.45, 2.75) is 6.42 Å². The van der Waals surface area contributed by atoms with Gasteiger partial charge in [0.25, 0.3) is 5.91 Å². The van der Waals surface area contributed by atoms with Gasteiger partial charge in [-0.3, -0.25) is 19.9 Å². The zero-order chi connectivity index (χ0) is 16.1. The van der Waals surface area contributed by atoms with Crippen LogP contribution in [0, 0.1) is 10.1 Å². The van der Waals surface area contributed by atoms with Crippen molar-refractivity contribution < 1.29 is 14.8 Å². The van der Waals surface area contributed by atoms with Crippen LogP contribution in [-0.2, 0) is 6.42 Å². The molecule has 1 amide bonds. The van der Waals surface area contributed by atoms with E-state index in [1.54, 1.807) is 19.4 Å². The second-order valence-electron chi connectivity index (χ2n) is 4.79.